The van der Waals surface area contributed by atoms with Gasteiger partial charge in [-0.3, -0.25) is 4.57 Å². The second-order valence-corrected chi connectivity index (χ2v) is 5.16. The molecule has 0 fully saturated rings. The Bertz CT molecular complexity index is 821. The smallest absolute Gasteiger partial charge is 0.335 e. The zero-order valence-corrected chi connectivity index (χ0v) is 11.8. The summed E-state index contributed by atoms with van der Waals surface area (Å²) in [6.07, 6.45) is 1.71. The highest BCUT2D eigenvalue weighted by molar-refractivity contribution is 5.88. The Balaban J connectivity index is 2.30. The molecule has 0 aliphatic carbocycles. The lowest BCUT2D eigenvalue weighted by Gasteiger charge is -2.11. The molecular weight excluding hydrogens is 266 g/mol. The predicted octanol–water partition coefficient (Wildman–Crippen LogP) is 3.24. The van der Waals surface area contributed by atoms with Crippen LogP contribution in [0, 0.1) is 0 Å². The van der Waals surface area contributed by atoms with Crippen LogP contribution in [0.25, 0.3) is 16.9 Å². The van der Waals surface area contributed by atoms with E-state index in [9.17, 15) is 4.79 Å². The monoisotopic (exact) mass is 281 g/mol. The summed E-state index contributed by atoms with van der Waals surface area (Å²) in [5.74, 6) is 0.124. The molecule has 0 spiro atoms. The largest absolute Gasteiger partial charge is 0.478 e. The lowest BCUT2D eigenvalue weighted by atomic mass is 10.1. The SMILES string of the molecule is CC(C)c1nc2cccnc2n1-c1cccc(C(=O)O)c1. The van der Waals surface area contributed by atoms with Crippen molar-refractivity contribution in [2.75, 3.05) is 0 Å². The van der Waals surface area contributed by atoms with E-state index in [0.29, 0.717) is 0 Å². The van der Waals surface area contributed by atoms with Gasteiger partial charge >= 0.3 is 5.97 Å². The third-order valence-corrected chi connectivity index (χ3v) is 3.31. The van der Waals surface area contributed by atoms with E-state index in [1.807, 2.05) is 22.8 Å². The normalized spacial score (nSPS) is 11.2. The molecule has 0 radical (unpaired) electrons. The summed E-state index contributed by atoms with van der Waals surface area (Å²) in [5, 5.41) is 9.16. The molecule has 0 amide bonds. The van der Waals surface area contributed by atoms with E-state index in [2.05, 4.69) is 23.8 Å². The molecule has 21 heavy (non-hydrogen) atoms. The highest BCUT2D eigenvalue weighted by Gasteiger charge is 2.16. The molecule has 0 aliphatic rings. The van der Waals surface area contributed by atoms with Gasteiger partial charge < -0.3 is 5.11 Å². The Morgan fingerprint density at radius 1 is 1.24 bits per heavy atom. The first-order valence-electron chi connectivity index (χ1n) is 6.75. The topological polar surface area (TPSA) is 68.0 Å². The maximum atomic E-state index is 11.2. The van der Waals surface area contributed by atoms with E-state index in [0.717, 1.165) is 22.7 Å². The number of aromatic nitrogens is 3. The van der Waals surface area contributed by atoms with Crippen LogP contribution in [0.4, 0.5) is 0 Å². The second kappa shape index (κ2) is 5.01. The number of benzene rings is 1. The third kappa shape index (κ3) is 2.27. The summed E-state index contributed by atoms with van der Waals surface area (Å²) in [7, 11) is 0. The molecule has 2 heterocycles. The van der Waals surface area contributed by atoms with Gasteiger partial charge in [0.1, 0.15) is 11.3 Å². The van der Waals surface area contributed by atoms with E-state index in [4.69, 9.17) is 5.11 Å². The van der Waals surface area contributed by atoms with Crippen LogP contribution >= 0.6 is 0 Å². The first kappa shape index (κ1) is 13.3. The van der Waals surface area contributed by atoms with Gasteiger partial charge in [0.25, 0.3) is 0 Å². The quantitative estimate of drug-likeness (QED) is 0.800. The first-order valence-corrected chi connectivity index (χ1v) is 6.75. The van der Waals surface area contributed by atoms with Crippen molar-refractivity contribution in [2.45, 2.75) is 19.8 Å². The third-order valence-electron chi connectivity index (χ3n) is 3.31. The number of carboxylic acids is 1. The van der Waals surface area contributed by atoms with Crippen molar-refractivity contribution < 1.29 is 9.90 Å². The molecule has 2 aromatic heterocycles. The number of nitrogens with zero attached hydrogens (tertiary/aromatic N) is 3. The minimum Gasteiger partial charge on any atom is -0.478 e. The van der Waals surface area contributed by atoms with Gasteiger partial charge in [0.05, 0.1) is 5.56 Å². The lowest BCUT2D eigenvalue weighted by Crippen LogP contribution is -2.05. The van der Waals surface area contributed by atoms with Crippen LogP contribution in [0.1, 0.15) is 35.9 Å². The van der Waals surface area contributed by atoms with Gasteiger partial charge in [-0.25, -0.2) is 14.8 Å². The molecule has 0 unspecified atom stereocenters. The molecule has 1 aromatic carbocycles. The minimum absolute atomic E-state index is 0.202. The maximum Gasteiger partial charge on any atom is 0.335 e. The summed E-state index contributed by atoms with van der Waals surface area (Å²) < 4.78 is 1.92. The molecule has 5 nitrogen and oxygen atoms in total. The van der Waals surface area contributed by atoms with Crippen LogP contribution in [0.3, 0.4) is 0 Å². The number of hydrogen-bond acceptors (Lipinski definition) is 3. The van der Waals surface area contributed by atoms with Gasteiger partial charge in [-0.15, -0.1) is 0 Å². The summed E-state index contributed by atoms with van der Waals surface area (Å²) in [4.78, 5) is 20.2. The Hall–Kier alpha value is -2.69. The van der Waals surface area contributed by atoms with Crippen LogP contribution in [0.2, 0.25) is 0 Å². The average molecular weight is 281 g/mol. The van der Waals surface area contributed by atoms with Gasteiger partial charge in [-0.2, -0.15) is 0 Å². The number of carboxylic acid groups (broad SMARTS) is 1. The molecule has 0 saturated heterocycles. The number of carbonyl (C=O) groups is 1. The standard InChI is InChI=1S/C16H15N3O2/c1-10(2)14-18-13-7-4-8-17-15(13)19(14)12-6-3-5-11(9-12)16(20)21/h3-10H,1-2H3,(H,20,21). The van der Waals surface area contributed by atoms with E-state index in [1.165, 1.54) is 0 Å². The molecule has 1 N–H and O–H groups in total. The van der Waals surface area contributed by atoms with Crippen molar-refractivity contribution in [3.8, 4) is 5.69 Å². The molecule has 0 atom stereocenters. The van der Waals surface area contributed by atoms with Gasteiger partial charge in [-0.05, 0) is 30.3 Å². The minimum atomic E-state index is -0.944. The van der Waals surface area contributed by atoms with E-state index in [1.54, 1.807) is 24.4 Å². The van der Waals surface area contributed by atoms with Crippen LogP contribution < -0.4 is 0 Å². The number of aromatic carboxylic acids is 1. The number of rotatable bonds is 3. The molecule has 106 valence electrons. The van der Waals surface area contributed by atoms with Gasteiger partial charge in [-0.1, -0.05) is 19.9 Å². The Kier molecular flexibility index (Phi) is 3.17. The zero-order chi connectivity index (χ0) is 15.0. The first-order chi connectivity index (χ1) is 10.1. The molecule has 0 saturated carbocycles. The van der Waals surface area contributed by atoms with Crippen molar-refractivity contribution >= 4 is 17.1 Å². The van der Waals surface area contributed by atoms with Crippen LogP contribution in [-0.4, -0.2) is 25.6 Å². The summed E-state index contributed by atoms with van der Waals surface area (Å²) in [5.41, 5.74) is 2.56. The lowest BCUT2D eigenvalue weighted by molar-refractivity contribution is 0.0697. The number of fused-ring (bicyclic) bond motifs is 1. The van der Waals surface area contributed by atoms with Crippen LogP contribution in [0.5, 0.6) is 0 Å². The van der Waals surface area contributed by atoms with Crippen molar-refractivity contribution in [3.63, 3.8) is 0 Å². The van der Waals surface area contributed by atoms with Gasteiger partial charge in [0, 0.05) is 17.8 Å². The maximum absolute atomic E-state index is 11.2. The molecule has 0 aliphatic heterocycles. The Labute approximate surface area is 121 Å². The summed E-state index contributed by atoms with van der Waals surface area (Å²) in [6, 6.07) is 10.6. The fourth-order valence-corrected chi connectivity index (χ4v) is 2.35. The van der Waals surface area contributed by atoms with Crippen LogP contribution in [0.15, 0.2) is 42.6 Å². The molecular formula is C16H15N3O2. The zero-order valence-electron chi connectivity index (χ0n) is 11.8. The van der Waals surface area contributed by atoms with Crippen molar-refractivity contribution in [2.24, 2.45) is 0 Å². The van der Waals surface area contributed by atoms with Crippen molar-refractivity contribution in [1.29, 1.82) is 0 Å². The summed E-state index contributed by atoms with van der Waals surface area (Å²) in [6.45, 7) is 4.11. The Morgan fingerprint density at radius 3 is 2.76 bits per heavy atom. The van der Waals surface area contributed by atoms with E-state index in [-0.39, 0.29) is 11.5 Å². The predicted molar refractivity (Wildman–Crippen MR) is 79.9 cm³/mol. The molecule has 5 heteroatoms. The van der Waals surface area contributed by atoms with Gasteiger partial charge in [0.2, 0.25) is 0 Å². The molecule has 3 rings (SSSR count). The van der Waals surface area contributed by atoms with Gasteiger partial charge in [0.15, 0.2) is 5.65 Å². The summed E-state index contributed by atoms with van der Waals surface area (Å²) >= 11 is 0. The highest BCUT2D eigenvalue weighted by Crippen LogP contribution is 2.25. The average Bonchev–Trinajstić information content (AvgIpc) is 2.87. The molecule has 0 bridgehead atoms. The Morgan fingerprint density at radius 2 is 2.05 bits per heavy atom. The van der Waals surface area contributed by atoms with Crippen molar-refractivity contribution in [1.82, 2.24) is 14.5 Å². The number of imidazole rings is 1. The van der Waals surface area contributed by atoms with E-state index >= 15 is 0 Å². The fourth-order valence-electron chi connectivity index (χ4n) is 2.35. The van der Waals surface area contributed by atoms with Crippen LogP contribution in [-0.2, 0) is 0 Å². The highest BCUT2D eigenvalue weighted by atomic mass is 16.4. The fraction of sp³-hybridized carbons (Fsp3) is 0.188. The van der Waals surface area contributed by atoms with E-state index < -0.39 is 5.97 Å². The van der Waals surface area contributed by atoms with Crippen molar-refractivity contribution in [3.05, 3.63) is 54.0 Å². The number of pyridine rings is 1. The second-order valence-electron chi connectivity index (χ2n) is 5.16. The molecule has 3 aromatic rings. The number of hydrogen-bond donors (Lipinski definition) is 1.